The Morgan fingerprint density at radius 2 is 1.67 bits per heavy atom. The molecule has 0 aliphatic carbocycles. The number of hydrogen-bond donors (Lipinski definition) is 1. The maximum atomic E-state index is 12.6. The summed E-state index contributed by atoms with van der Waals surface area (Å²) in [6.07, 6.45) is -4.90. The van der Waals surface area contributed by atoms with E-state index in [-0.39, 0.29) is 22.4 Å². The molecule has 0 fully saturated rings. The smallest absolute Gasteiger partial charge is 0.406 e. The predicted octanol–water partition coefficient (Wildman–Crippen LogP) is 4.42. The highest BCUT2D eigenvalue weighted by atomic mass is 32.2. The van der Waals surface area contributed by atoms with Crippen molar-refractivity contribution >= 4 is 20.9 Å². The van der Waals surface area contributed by atoms with E-state index >= 15 is 0 Å². The second-order valence-corrected chi connectivity index (χ2v) is 7.23. The van der Waals surface area contributed by atoms with Crippen LogP contribution in [0.3, 0.4) is 0 Å². The maximum Gasteiger partial charge on any atom is 0.573 e. The van der Waals surface area contributed by atoms with Crippen LogP contribution in [0.2, 0.25) is 0 Å². The van der Waals surface area contributed by atoms with Crippen molar-refractivity contribution in [2.75, 3.05) is 0 Å². The molecule has 5 nitrogen and oxygen atoms in total. The minimum Gasteiger partial charge on any atom is -0.406 e. The number of sulfone groups is 1. The molecule has 0 aliphatic rings. The summed E-state index contributed by atoms with van der Waals surface area (Å²) in [4.78, 5) is 5.64. The average molecular weight is 410 g/mol. The van der Waals surface area contributed by atoms with Crippen LogP contribution in [0.25, 0.3) is 22.4 Å². The molecule has 12 heteroatoms. The number of nitrogens with zero attached hydrogens (tertiary/aromatic N) is 1. The Kier molecular flexibility index (Phi) is 4.33. The summed E-state index contributed by atoms with van der Waals surface area (Å²) in [7, 11) is -5.54. The summed E-state index contributed by atoms with van der Waals surface area (Å²) in [6, 6.07) is 7.32. The minimum atomic E-state index is -5.54. The Morgan fingerprint density at radius 3 is 2.30 bits per heavy atom. The van der Waals surface area contributed by atoms with E-state index in [0.29, 0.717) is 0 Å². The summed E-state index contributed by atoms with van der Waals surface area (Å²) >= 11 is 0. The average Bonchev–Trinajstić information content (AvgIpc) is 2.95. The Labute approximate surface area is 147 Å². The quantitative estimate of drug-likeness (QED) is 0.649. The topological polar surface area (TPSA) is 72.1 Å². The number of aromatic nitrogens is 2. The van der Waals surface area contributed by atoms with Gasteiger partial charge in [0.15, 0.2) is 0 Å². The van der Waals surface area contributed by atoms with Gasteiger partial charge in [-0.2, -0.15) is 13.2 Å². The maximum absolute atomic E-state index is 12.6. The first kappa shape index (κ1) is 19.0. The third-order valence-corrected chi connectivity index (χ3v) is 4.89. The molecule has 2 aromatic carbocycles. The van der Waals surface area contributed by atoms with Gasteiger partial charge in [0.2, 0.25) is 0 Å². The number of alkyl halides is 6. The molecular weight excluding hydrogens is 402 g/mol. The number of benzene rings is 2. The second kappa shape index (κ2) is 6.15. The van der Waals surface area contributed by atoms with Gasteiger partial charge < -0.3 is 9.72 Å². The fourth-order valence-electron chi connectivity index (χ4n) is 2.27. The molecule has 1 N–H and O–H groups in total. The number of nitrogens with one attached hydrogen (secondary N) is 1. The Hall–Kier alpha value is -2.76. The fourth-order valence-corrected chi connectivity index (χ4v) is 3.05. The third-order valence-electron chi connectivity index (χ3n) is 3.41. The van der Waals surface area contributed by atoms with Gasteiger partial charge in [0.1, 0.15) is 11.6 Å². The van der Waals surface area contributed by atoms with E-state index in [4.69, 9.17) is 0 Å². The van der Waals surface area contributed by atoms with Crippen molar-refractivity contribution in [3.63, 3.8) is 0 Å². The van der Waals surface area contributed by atoms with E-state index in [9.17, 15) is 34.8 Å². The minimum absolute atomic E-state index is 0.0270. The van der Waals surface area contributed by atoms with Gasteiger partial charge in [-0.25, -0.2) is 13.4 Å². The first-order chi connectivity index (χ1) is 12.4. The number of halogens is 6. The monoisotopic (exact) mass is 410 g/mol. The number of fused-ring (bicyclic) bond motifs is 1. The number of hydrogen-bond acceptors (Lipinski definition) is 4. The highest BCUT2D eigenvalue weighted by Gasteiger charge is 2.47. The molecule has 3 rings (SSSR count). The lowest BCUT2D eigenvalue weighted by molar-refractivity contribution is -0.274. The molecule has 144 valence electrons. The van der Waals surface area contributed by atoms with Gasteiger partial charge in [0, 0.05) is 5.56 Å². The molecule has 0 spiro atoms. The van der Waals surface area contributed by atoms with Crippen LogP contribution in [0.4, 0.5) is 26.3 Å². The number of ether oxygens (including phenoxy) is 1. The van der Waals surface area contributed by atoms with Crippen LogP contribution >= 0.6 is 0 Å². The number of aromatic amines is 1. The molecule has 0 aliphatic heterocycles. The van der Waals surface area contributed by atoms with Crippen LogP contribution in [0, 0.1) is 0 Å². The third kappa shape index (κ3) is 3.84. The summed E-state index contributed by atoms with van der Waals surface area (Å²) in [5.74, 6) is -0.486. The van der Waals surface area contributed by atoms with Crippen molar-refractivity contribution in [3.05, 3.63) is 42.5 Å². The first-order valence-corrected chi connectivity index (χ1v) is 8.52. The van der Waals surface area contributed by atoms with Crippen LogP contribution in [0.5, 0.6) is 5.75 Å². The lowest BCUT2D eigenvalue weighted by atomic mass is 10.2. The molecule has 0 unspecified atom stereocenters. The Bertz CT molecular complexity index is 1100. The predicted molar refractivity (Wildman–Crippen MR) is 81.5 cm³/mol. The van der Waals surface area contributed by atoms with E-state index in [1.807, 2.05) is 0 Å². The van der Waals surface area contributed by atoms with E-state index in [2.05, 4.69) is 14.7 Å². The number of imidazole rings is 1. The molecule has 1 aromatic heterocycles. The summed E-state index contributed by atoms with van der Waals surface area (Å²) in [5.41, 5.74) is -5.20. The molecule has 0 bridgehead atoms. The zero-order chi connectivity index (χ0) is 20.0. The van der Waals surface area contributed by atoms with E-state index in [0.717, 1.165) is 30.3 Å². The number of H-pyrrole nitrogens is 1. The molecule has 0 atom stereocenters. The zero-order valence-electron chi connectivity index (χ0n) is 12.9. The molecule has 1 heterocycles. The lowest BCUT2D eigenvalue weighted by Crippen LogP contribution is -2.23. The summed E-state index contributed by atoms with van der Waals surface area (Å²) < 4.78 is 102. The van der Waals surface area contributed by atoms with Gasteiger partial charge in [-0.15, -0.1) is 13.2 Å². The molecule has 3 aromatic rings. The summed E-state index contributed by atoms with van der Waals surface area (Å²) in [6.45, 7) is 0. The van der Waals surface area contributed by atoms with Crippen molar-refractivity contribution in [1.82, 2.24) is 9.97 Å². The van der Waals surface area contributed by atoms with E-state index in [1.54, 1.807) is 0 Å². The SMILES string of the molecule is O=S(=O)(c1ccc2nc(-c3cccc(OC(F)(F)F)c3)[nH]c2c1)C(F)(F)F. The van der Waals surface area contributed by atoms with Crippen LogP contribution in [0.15, 0.2) is 47.4 Å². The van der Waals surface area contributed by atoms with E-state index in [1.165, 1.54) is 12.1 Å². The first-order valence-electron chi connectivity index (χ1n) is 7.04. The molecule has 27 heavy (non-hydrogen) atoms. The second-order valence-electron chi connectivity index (χ2n) is 5.29. The van der Waals surface area contributed by atoms with Crippen LogP contribution < -0.4 is 4.74 Å². The van der Waals surface area contributed by atoms with Gasteiger partial charge in [-0.1, -0.05) is 12.1 Å². The van der Waals surface area contributed by atoms with Gasteiger partial charge in [-0.05, 0) is 30.3 Å². The molecular formula is C15H8F6N2O3S. The Balaban J connectivity index is 2.02. The lowest BCUT2D eigenvalue weighted by Gasteiger charge is -2.09. The van der Waals surface area contributed by atoms with Gasteiger partial charge in [-0.3, -0.25) is 0 Å². The van der Waals surface area contributed by atoms with Crippen molar-refractivity contribution in [2.24, 2.45) is 0 Å². The van der Waals surface area contributed by atoms with E-state index < -0.39 is 32.4 Å². The molecule has 0 saturated carbocycles. The molecule has 0 radical (unpaired) electrons. The zero-order valence-corrected chi connectivity index (χ0v) is 13.7. The van der Waals surface area contributed by atoms with Crippen LogP contribution in [0.1, 0.15) is 0 Å². The standard InChI is InChI=1S/C15H8F6N2O3S/c16-14(17,18)26-9-3-1-2-8(6-9)13-22-11-5-4-10(7-12(11)23-13)27(24,25)15(19,20)21/h1-7H,(H,22,23). The highest BCUT2D eigenvalue weighted by molar-refractivity contribution is 7.92. The van der Waals surface area contributed by atoms with Crippen molar-refractivity contribution in [1.29, 1.82) is 0 Å². The highest BCUT2D eigenvalue weighted by Crippen LogP contribution is 2.32. The van der Waals surface area contributed by atoms with Gasteiger partial charge in [0.25, 0.3) is 9.84 Å². The fraction of sp³-hybridized carbons (Fsp3) is 0.133. The van der Waals surface area contributed by atoms with Gasteiger partial charge >= 0.3 is 11.9 Å². The van der Waals surface area contributed by atoms with Gasteiger partial charge in [0.05, 0.1) is 15.9 Å². The summed E-state index contributed by atoms with van der Waals surface area (Å²) in [5, 5.41) is 0. The van der Waals surface area contributed by atoms with Crippen molar-refractivity contribution in [2.45, 2.75) is 16.8 Å². The van der Waals surface area contributed by atoms with Crippen LogP contribution in [-0.2, 0) is 9.84 Å². The van der Waals surface area contributed by atoms with Crippen molar-refractivity contribution < 1.29 is 39.5 Å². The molecule has 0 amide bonds. The van der Waals surface area contributed by atoms with Crippen molar-refractivity contribution in [3.8, 4) is 17.1 Å². The number of rotatable bonds is 3. The van der Waals surface area contributed by atoms with Crippen LogP contribution in [-0.4, -0.2) is 30.3 Å². The largest absolute Gasteiger partial charge is 0.573 e. The normalized spacial score (nSPS) is 13.1. The molecule has 0 saturated heterocycles. The Morgan fingerprint density at radius 1 is 0.963 bits per heavy atom.